The van der Waals surface area contributed by atoms with Crippen molar-refractivity contribution in [2.45, 2.75) is 57.5 Å². The zero-order valence-corrected chi connectivity index (χ0v) is 34.6. The normalized spacial score (nSPS) is 11.5. The van der Waals surface area contributed by atoms with Crippen LogP contribution in [0.25, 0.3) is 22.5 Å². The highest BCUT2D eigenvalue weighted by Crippen LogP contribution is 2.43. The second-order valence-corrected chi connectivity index (χ2v) is 14.9. The number of unbranched alkanes of at least 4 members (excludes halogenated alkanes) is 1. The predicted molar refractivity (Wildman–Crippen MR) is 236 cm³/mol. The zero-order valence-electron chi connectivity index (χ0n) is 34.6. The van der Waals surface area contributed by atoms with E-state index in [0.717, 1.165) is 51.8 Å². The number of rotatable bonds is 17. The van der Waals surface area contributed by atoms with Crippen molar-refractivity contribution in [3.63, 3.8) is 0 Å². The number of hydrogen-bond donors (Lipinski definition) is 0. The molecule has 0 aliphatic heterocycles. The number of carbonyl (C=O) groups excluding carboxylic acids is 1. The average molecular weight is 799 g/mol. The fourth-order valence-corrected chi connectivity index (χ4v) is 7.75. The minimum absolute atomic E-state index is 0.169. The van der Waals surface area contributed by atoms with Gasteiger partial charge in [-0.15, -0.1) is 5.10 Å². The first kappa shape index (κ1) is 41.2. The van der Waals surface area contributed by atoms with Crippen LogP contribution in [0.1, 0.15) is 66.1 Å². The third kappa shape index (κ3) is 8.70. The molecule has 0 atom stereocenters. The molecule has 0 unspecified atom stereocenters. The van der Waals surface area contributed by atoms with Crippen LogP contribution in [0, 0.1) is 0 Å². The molecule has 5 aromatic carbocycles. The maximum absolute atomic E-state index is 14.7. The van der Waals surface area contributed by atoms with Crippen molar-refractivity contribution in [1.82, 2.24) is 34.7 Å². The van der Waals surface area contributed by atoms with Crippen molar-refractivity contribution in [3.05, 3.63) is 183 Å². The Morgan fingerprint density at radius 1 is 0.800 bits per heavy atom. The van der Waals surface area contributed by atoms with E-state index in [2.05, 4.69) is 83.9 Å². The van der Waals surface area contributed by atoms with E-state index in [1.807, 2.05) is 91.6 Å². The van der Waals surface area contributed by atoms with Crippen LogP contribution in [0.15, 0.2) is 149 Å². The molecule has 0 saturated heterocycles. The summed E-state index contributed by atoms with van der Waals surface area (Å²) in [5, 5.41) is 14.1. The minimum atomic E-state index is -0.968. The Labute approximate surface area is 351 Å². The predicted octanol–water partition coefficient (Wildman–Crippen LogP) is 8.51. The minimum Gasteiger partial charge on any atom is -0.469 e. The summed E-state index contributed by atoms with van der Waals surface area (Å²) in [7, 11) is 5.10. The van der Waals surface area contributed by atoms with Crippen LogP contribution in [0.4, 0.5) is 5.95 Å². The second kappa shape index (κ2) is 19.2. The Morgan fingerprint density at radius 2 is 1.40 bits per heavy atom. The maximum atomic E-state index is 14.7. The number of nitrogens with zero attached hydrogens (tertiary/aromatic N) is 8. The van der Waals surface area contributed by atoms with Gasteiger partial charge >= 0.3 is 5.97 Å². The molecule has 304 valence electrons. The topological polar surface area (TPSA) is 120 Å². The van der Waals surface area contributed by atoms with Gasteiger partial charge in [0.25, 0.3) is 5.56 Å². The first-order chi connectivity index (χ1) is 29.3. The molecule has 11 nitrogen and oxygen atoms in total. The number of aliphatic imine (C=N–C) groups is 1. The van der Waals surface area contributed by atoms with Gasteiger partial charge in [0.2, 0.25) is 5.95 Å². The van der Waals surface area contributed by atoms with Crippen LogP contribution < -0.4 is 5.56 Å². The van der Waals surface area contributed by atoms with Gasteiger partial charge in [-0.2, -0.15) is 0 Å². The first-order valence-electron chi connectivity index (χ1n) is 20.4. The van der Waals surface area contributed by atoms with Gasteiger partial charge in [-0.3, -0.25) is 14.2 Å². The van der Waals surface area contributed by atoms with E-state index >= 15 is 0 Å². The van der Waals surface area contributed by atoms with Gasteiger partial charge < -0.3 is 9.64 Å². The molecule has 7 aromatic rings. The monoisotopic (exact) mass is 798 g/mol. The van der Waals surface area contributed by atoms with E-state index in [1.54, 1.807) is 15.8 Å². The number of carbonyl (C=O) groups is 1. The molecule has 0 aliphatic carbocycles. The molecule has 0 amide bonds. The summed E-state index contributed by atoms with van der Waals surface area (Å²) in [6.07, 6.45) is 4.93. The van der Waals surface area contributed by atoms with Crippen LogP contribution >= 0.6 is 0 Å². The number of aromatic nitrogens is 6. The van der Waals surface area contributed by atoms with Crippen LogP contribution in [-0.2, 0) is 34.5 Å². The Kier molecular flexibility index (Phi) is 13.1. The van der Waals surface area contributed by atoms with Gasteiger partial charge in [-0.05, 0) is 69.1 Å². The van der Waals surface area contributed by atoms with Crippen LogP contribution in [-0.4, -0.2) is 68.2 Å². The van der Waals surface area contributed by atoms with Crippen molar-refractivity contribution in [3.8, 4) is 22.5 Å². The number of methoxy groups -OCH3 is 1. The molecule has 11 heteroatoms. The lowest BCUT2D eigenvalue weighted by molar-refractivity contribution is -0.140. The molecule has 0 saturated carbocycles. The number of hydrogen-bond acceptors (Lipinski definition) is 8. The van der Waals surface area contributed by atoms with Crippen molar-refractivity contribution >= 4 is 18.3 Å². The Balaban J connectivity index is 1.45. The first-order valence-corrected chi connectivity index (χ1v) is 20.4. The Bertz CT molecular complexity index is 2490. The number of esters is 1. The fourth-order valence-electron chi connectivity index (χ4n) is 7.75. The van der Waals surface area contributed by atoms with E-state index in [0.29, 0.717) is 42.3 Å². The average Bonchev–Trinajstić information content (AvgIpc) is 3.78. The highest BCUT2D eigenvalue weighted by atomic mass is 16.5. The molecule has 0 aliphatic rings. The molecule has 0 N–H and O–H groups in total. The molecule has 0 radical (unpaired) electrons. The summed E-state index contributed by atoms with van der Waals surface area (Å²) in [5.74, 6) is 0.537. The molecular weight excluding hydrogens is 749 g/mol. The Hall–Kier alpha value is -7.01. The number of ether oxygens (including phenoxy) is 1. The lowest BCUT2D eigenvalue weighted by Crippen LogP contribution is -2.39. The molecule has 0 fully saturated rings. The van der Waals surface area contributed by atoms with E-state index < -0.39 is 5.54 Å². The summed E-state index contributed by atoms with van der Waals surface area (Å²) >= 11 is 0. The third-order valence-electron chi connectivity index (χ3n) is 10.6. The standard InChI is InChI=1S/C49H50N8O3/c1-5-6-28-44-43(47(59)56(32-19-29-45(58)60-4)48(51-44)50-35-55(2)3)34-36-30-31-41(37-20-11-7-12-21-37)42(33-36)46-52-53-54-57(46)49(38-22-13-8-14-23-38,39-24-15-9-16-25-39)40-26-17-10-18-27-40/h7-18,20-27,30-31,33,35H,5-6,19,28-29,32,34H2,1-4H3. The van der Waals surface area contributed by atoms with Crippen molar-refractivity contribution in [1.29, 1.82) is 0 Å². The molecular formula is C49H50N8O3. The zero-order chi connectivity index (χ0) is 41.9. The molecule has 0 bridgehead atoms. The van der Waals surface area contributed by atoms with Crippen LogP contribution in [0.5, 0.6) is 0 Å². The maximum Gasteiger partial charge on any atom is 0.305 e. The summed E-state index contributed by atoms with van der Waals surface area (Å²) < 4.78 is 8.42. The van der Waals surface area contributed by atoms with Crippen molar-refractivity contribution < 1.29 is 9.53 Å². The lowest BCUT2D eigenvalue weighted by Gasteiger charge is -2.36. The molecule has 2 heterocycles. The van der Waals surface area contributed by atoms with Gasteiger partial charge in [0.05, 0.1) is 19.1 Å². The molecule has 7 rings (SSSR count). The number of aryl methyl sites for hydroxylation is 1. The summed E-state index contributed by atoms with van der Waals surface area (Å²) in [6, 6.07) is 47.5. The van der Waals surface area contributed by atoms with Gasteiger partial charge in [0.15, 0.2) is 5.82 Å². The van der Waals surface area contributed by atoms with Crippen molar-refractivity contribution in [2.24, 2.45) is 4.99 Å². The van der Waals surface area contributed by atoms with Gasteiger partial charge in [0, 0.05) is 44.6 Å². The molecule has 60 heavy (non-hydrogen) atoms. The van der Waals surface area contributed by atoms with E-state index in [9.17, 15) is 9.59 Å². The molecule has 0 spiro atoms. The third-order valence-corrected chi connectivity index (χ3v) is 10.6. The van der Waals surface area contributed by atoms with Gasteiger partial charge in [-0.1, -0.05) is 147 Å². The van der Waals surface area contributed by atoms with Crippen LogP contribution in [0.2, 0.25) is 0 Å². The van der Waals surface area contributed by atoms with Gasteiger partial charge in [-0.25, -0.2) is 14.7 Å². The summed E-state index contributed by atoms with van der Waals surface area (Å²) in [4.78, 5) is 38.2. The molecule has 2 aromatic heterocycles. The van der Waals surface area contributed by atoms with E-state index in [-0.39, 0.29) is 24.5 Å². The van der Waals surface area contributed by atoms with E-state index in [1.165, 1.54) is 7.11 Å². The van der Waals surface area contributed by atoms with Gasteiger partial charge in [0.1, 0.15) is 5.54 Å². The largest absolute Gasteiger partial charge is 0.469 e. The number of tetrazole rings is 1. The number of benzene rings is 5. The SMILES string of the molecule is CCCCc1nc(N=CN(C)C)n(CCCC(=O)OC)c(=O)c1Cc1ccc(-c2ccccc2)c(-c2nnnn2C(c2ccccc2)(c2ccccc2)c2ccccc2)c1. The smallest absolute Gasteiger partial charge is 0.305 e. The quantitative estimate of drug-likeness (QED) is 0.0390. The highest BCUT2D eigenvalue weighted by Gasteiger charge is 2.42. The summed E-state index contributed by atoms with van der Waals surface area (Å²) in [5.41, 5.74) is 6.78. The van der Waals surface area contributed by atoms with Crippen molar-refractivity contribution in [2.75, 3.05) is 21.2 Å². The second-order valence-electron chi connectivity index (χ2n) is 14.9. The lowest BCUT2D eigenvalue weighted by atomic mass is 9.76. The highest BCUT2D eigenvalue weighted by molar-refractivity contribution is 5.81. The fraction of sp³-hybridized carbons (Fsp3) is 0.245. The van der Waals surface area contributed by atoms with Crippen LogP contribution in [0.3, 0.4) is 0 Å². The Morgan fingerprint density at radius 3 is 1.97 bits per heavy atom. The summed E-state index contributed by atoms with van der Waals surface area (Å²) in [6.45, 7) is 2.38. The van der Waals surface area contributed by atoms with E-state index in [4.69, 9.17) is 20.0 Å².